The van der Waals surface area contributed by atoms with Crippen LogP contribution in [0.4, 0.5) is 0 Å². The summed E-state index contributed by atoms with van der Waals surface area (Å²) in [6.07, 6.45) is 4.77. The van der Waals surface area contributed by atoms with Crippen molar-refractivity contribution in [2.24, 2.45) is 5.73 Å². The summed E-state index contributed by atoms with van der Waals surface area (Å²) >= 11 is 0. The summed E-state index contributed by atoms with van der Waals surface area (Å²) in [7, 11) is -3.12. The van der Waals surface area contributed by atoms with E-state index < -0.39 is 10.0 Å². The quantitative estimate of drug-likeness (QED) is 0.888. The second-order valence-corrected chi connectivity index (χ2v) is 7.80. The van der Waals surface area contributed by atoms with E-state index in [4.69, 9.17) is 5.73 Å². The molecule has 1 aliphatic carbocycles. The van der Waals surface area contributed by atoms with Gasteiger partial charge in [0.1, 0.15) is 0 Å². The van der Waals surface area contributed by atoms with Gasteiger partial charge >= 0.3 is 0 Å². The van der Waals surface area contributed by atoms with Gasteiger partial charge in [-0.05, 0) is 38.2 Å². The van der Waals surface area contributed by atoms with Gasteiger partial charge in [0.25, 0.3) is 0 Å². The van der Waals surface area contributed by atoms with Crippen LogP contribution in [0.2, 0.25) is 0 Å². The molecular weight excluding hydrogens is 272 g/mol. The van der Waals surface area contributed by atoms with Crippen LogP contribution in [-0.4, -0.2) is 27.3 Å². The minimum atomic E-state index is -3.12. The number of nitrogens with one attached hydrogen (secondary N) is 1. The lowest BCUT2D eigenvalue weighted by Crippen LogP contribution is -2.45. The Morgan fingerprint density at radius 1 is 1.35 bits per heavy atom. The molecule has 112 valence electrons. The highest BCUT2D eigenvalue weighted by Gasteiger charge is 2.36. The summed E-state index contributed by atoms with van der Waals surface area (Å²) in [4.78, 5) is 0. The first-order valence-corrected chi connectivity index (χ1v) is 8.98. The molecule has 0 spiro atoms. The van der Waals surface area contributed by atoms with E-state index in [0.29, 0.717) is 6.54 Å². The number of nitrogens with two attached hydrogens (primary N) is 1. The molecule has 2 rings (SSSR count). The summed E-state index contributed by atoms with van der Waals surface area (Å²) in [5, 5.41) is 0. The Bertz CT molecular complexity index is 561. The summed E-state index contributed by atoms with van der Waals surface area (Å²) in [5.74, 6) is 0. The van der Waals surface area contributed by atoms with Gasteiger partial charge in [0.05, 0.1) is 6.26 Å². The Morgan fingerprint density at radius 2 is 2.00 bits per heavy atom. The standard InChI is InChI=1S/C15H24N2O2S/c1-12-4-3-5-13(10-12)15(11-16)8-6-14(7-9-15)17-20(2,18)19/h3-5,10,14,17H,6-9,11,16H2,1-2H3. The van der Waals surface area contributed by atoms with Crippen molar-refractivity contribution in [1.82, 2.24) is 4.72 Å². The fraction of sp³-hybridized carbons (Fsp3) is 0.600. The Morgan fingerprint density at radius 3 is 2.50 bits per heavy atom. The van der Waals surface area contributed by atoms with Crippen molar-refractivity contribution in [1.29, 1.82) is 0 Å². The zero-order chi connectivity index (χ0) is 14.8. The van der Waals surface area contributed by atoms with E-state index in [9.17, 15) is 8.42 Å². The lowest BCUT2D eigenvalue weighted by molar-refractivity contribution is 0.267. The van der Waals surface area contributed by atoms with Crippen LogP contribution >= 0.6 is 0 Å². The molecule has 1 aromatic rings. The molecule has 1 aliphatic rings. The molecule has 0 saturated heterocycles. The topological polar surface area (TPSA) is 72.2 Å². The third-order valence-electron chi connectivity index (χ3n) is 4.34. The zero-order valence-corrected chi connectivity index (χ0v) is 13.0. The first kappa shape index (κ1) is 15.5. The molecule has 20 heavy (non-hydrogen) atoms. The van der Waals surface area contributed by atoms with Crippen LogP contribution in [-0.2, 0) is 15.4 Å². The number of benzene rings is 1. The number of aryl methyl sites for hydroxylation is 1. The van der Waals surface area contributed by atoms with Crippen LogP contribution in [0.5, 0.6) is 0 Å². The second-order valence-electron chi connectivity index (χ2n) is 6.02. The maximum absolute atomic E-state index is 11.3. The molecule has 0 radical (unpaired) electrons. The fourth-order valence-corrected chi connectivity index (χ4v) is 4.02. The zero-order valence-electron chi connectivity index (χ0n) is 12.2. The van der Waals surface area contributed by atoms with Gasteiger partial charge in [0.2, 0.25) is 10.0 Å². The van der Waals surface area contributed by atoms with Crippen LogP contribution in [0.15, 0.2) is 24.3 Å². The van der Waals surface area contributed by atoms with Crippen molar-refractivity contribution in [2.45, 2.75) is 44.1 Å². The molecular formula is C15H24N2O2S. The van der Waals surface area contributed by atoms with Crippen molar-refractivity contribution in [2.75, 3.05) is 12.8 Å². The predicted molar refractivity (Wildman–Crippen MR) is 82.1 cm³/mol. The fourth-order valence-electron chi connectivity index (χ4n) is 3.18. The summed E-state index contributed by atoms with van der Waals surface area (Å²) < 4.78 is 25.3. The number of sulfonamides is 1. The highest BCUT2D eigenvalue weighted by atomic mass is 32.2. The molecule has 1 fully saturated rings. The highest BCUT2D eigenvalue weighted by molar-refractivity contribution is 7.88. The van der Waals surface area contributed by atoms with Gasteiger partial charge in [-0.25, -0.2) is 13.1 Å². The maximum atomic E-state index is 11.3. The summed E-state index contributed by atoms with van der Waals surface area (Å²) in [5.41, 5.74) is 8.59. The molecule has 0 amide bonds. The Labute approximate surface area is 121 Å². The molecule has 0 bridgehead atoms. The highest BCUT2D eigenvalue weighted by Crippen LogP contribution is 2.39. The lowest BCUT2D eigenvalue weighted by Gasteiger charge is -2.40. The third-order valence-corrected chi connectivity index (χ3v) is 5.11. The number of hydrogen-bond acceptors (Lipinski definition) is 3. The molecule has 0 unspecified atom stereocenters. The van der Waals surface area contributed by atoms with Crippen molar-refractivity contribution >= 4 is 10.0 Å². The van der Waals surface area contributed by atoms with Crippen molar-refractivity contribution < 1.29 is 8.42 Å². The van der Waals surface area contributed by atoms with Gasteiger partial charge < -0.3 is 5.73 Å². The molecule has 0 atom stereocenters. The maximum Gasteiger partial charge on any atom is 0.208 e. The van der Waals surface area contributed by atoms with Gasteiger partial charge in [-0.15, -0.1) is 0 Å². The molecule has 3 N–H and O–H groups in total. The van der Waals surface area contributed by atoms with Gasteiger partial charge in [0.15, 0.2) is 0 Å². The average Bonchev–Trinajstić information content (AvgIpc) is 2.38. The minimum Gasteiger partial charge on any atom is -0.330 e. The van der Waals surface area contributed by atoms with E-state index in [0.717, 1.165) is 25.7 Å². The van der Waals surface area contributed by atoms with Gasteiger partial charge in [-0.2, -0.15) is 0 Å². The molecule has 0 heterocycles. The molecule has 1 saturated carbocycles. The lowest BCUT2D eigenvalue weighted by atomic mass is 9.68. The Hall–Kier alpha value is -0.910. The van der Waals surface area contributed by atoms with Crippen LogP contribution in [0.25, 0.3) is 0 Å². The molecule has 0 aromatic heterocycles. The van der Waals surface area contributed by atoms with Crippen LogP contribution in [0.1, 0.15) is 36.8 Å². The molecule has 5 heteroatoms. The molecule has 4 nitrogen and oxygen atoms in total. The summed E-state index contributed by atoms with van der Waals surface area (Å²) in [6.45, 7) is 2.70. The predicted octanol–water partition coefficient (Wildman–Crippen LogP) is 1.68. The van der Waals surface area contributed by atoms with Crippen LogP contribution in [0, 0.1) is 6.92 Å². The summed E-state index contributed by atoms with van der Waals surface area (Å²) in [6, 6.07) is 8.56. The van der Waals surface area contributed by atoms with E-state index in [1.165, 1.54) is 17.4 Å². The van der Waals surface area contributed by atoms with Gasteiger partial charge in [0, 0.05) is 18.0 Å². The van der Waals surface area contributed by atoms with E-state index >= 15 is 0 Å². The average molecular weight is 296 g/mol. The number of hydrogen-bond donors (Lipinski definition) is 2. The molecule has 1 aromatic carbocycles. The largest absolute Gasteiger partial charge is 0.330 e. The van der Waals surface area contributed by atoms with E-state index in [1.54, 1.807) is 0 Å². The monoisotopic (exact) mass is 296 g/mol. The second kappa shape index (κ2) is 5.84. The Kier molecular flexibility index (Phi) is 4.52. The molecule has 0 aliphatic heterocycles. The smallest absolute Gasteiger partial charge is 0.208 e. The van der Waals surface area contributed by atoms with E-state index in [1.807, 2.05) is 0 Å². The first-order valence-electron chi connectivity index (χ1n) is 7.09. The van der Waals surface area contributed by atoms with Crippen molar-refractivity contribution in [3.63, 3.8) is 0 Å². The Balaban J connectivity index is 2.12. The van der Waals surface area contributed by atoms with Gasteiger partial charge in [-0.3, -0.25) is 0 Å². The number of rotatable bonds is 4. The van der Waals surface area contributed by atoms with Crippen LogP contribution < -0.4 is 10.5 Å². The first-order chi connectivity index (χ1) is 9.35. The third kappa shape index (κ3) is 3.59. The SMILES string of the molecule is Cc1cccc(C2(CN)CCC(NS(C)(=O)=O)CC2)c1. The van der Waals surface area contributed by atoms with Crippen molar-refractivity contribution in [3.8, 4) is 0 Å². The van der Waals surface area contributed by atoms with Gasteiger partial charge in [-0.1, -0.05) is 29.8 Å². The normalized spacial score (nSPS) is 27.4. The van der Waals surface area contributed by atoms with Crippen molar-refractivity contribution in [3.05, 3.63) is 35.4 Å². The van der Waals surface area contributed by atoms with Crippen LogP contribution in [0.3, 0.4) is 0 Å². The minimum absolute atomic E-state index is 0.00169. The van der Waals surface area contributed by atoms with E-state index in [2.05, 4.69) is 35.9 Å². The van der Waals surface area contributed by atoms with E-state index in [-0.39, 0.29) is 11.5 Å².